The van der Waals surface area contributed by atoms with Crippen LogP contribution in [0.4, 0.5) is 0 Å². The first-order valence-corrected chi connectivity index (χ1v) is 6.35. The second-order valence-electron chi connectivity index (χ2n) is 5.03. The van der Waals surface area contributed by atoms with Crippen LogP contribution in [-0.4, -0.2) is 48.3 Å². The highest BCUT2D eigenvalue weighted by Gasteiger charge is 2.37. The van der Waals surface area contributed by atoms with Gasteiger partial charge in [-0.1, -0.05) is 12.2 Å². The standard InChI is InChI=1S/C13H21NO3/c1-17-13(16)12-7-11(15)9-14(12)8-10-5-3-2-4-6-10/h2-3,10-12,15H,4-9H2,1H3/t10-,11-,12-/m0/s1. The Morgan fingerprint density at radius 1 is 1.53 bits per heavy atom. The number of carbonyl (C=O) groups is 1. The van der Waals surface area contributed by atoms with Gasteiger partial charge in [-0.2, -0.15) is 0 Å². The summed E-state index contributed by atoms with van der Waals surface area (Å²) in [5.41, 5.74) is 0. The number of aliphatic hydroxyl groups is 1. The zero-order valence-electron chi connectivity index (χ0n) is 10.3. The average molecular weight is 239 g/mol. The molecule has 0 unspecified atom stereocenters. The van der Waals surface area contributed by atoms with E-state index in [2.05, 4.69) is 17.1 Å². The zero-order chi connectivity index (χ0) is 12.3. The molecule has 1 fully saturated rings. The molecule has 1 aliphatic heterocycles. The highest BCUT2D eigenvalue weighted by molar-refractivity contribution is 5.76. The van der Waals surface area contributed by atoms with E-state index in [1.807, 2.05) is 0 Å². The lowest BCUT2D eigenvalue weighted by atomic mass is 9.94. The van der Waals surface area contributed by atoms with E-state index in [1.165, 1.54) is 13.5 Å². The van der Waals surface area contributed by atoms with Gasteiger partial charge in [0.2, 0.25) is 0 Å². The quantitative estimate of drug-likeness (QED) is 0.588. The molecule has 0 aromatic carbocycles. The number of hydrogen-bond acceptors (Lipinski definition) is 4. The summed E-state index contributed by atoms with van der Waals surface area (Å²) in [7, 11) is 1.41. The van der Waals surface area contributed by atoms with Crippen LogP contribution >= 0.6 is 0 Å². The molecular formula is C13H21NO3. The minimum atomic E-state index is -0.391. The van der Waals surface area contributed by atoms with Crippen molar-refractivity contribution in [2.24, 2.45) is 5.92 Å². The average Bonchev–Trinajstić information content (AvgIpc) is 2.70. The molecule has 4 heteroatoms. The summed E-state index contributed by atoms with van der Waals surface area (Å²) in [5, 5.41) is 9.68. The molecule has 1 heterocycles. The van der Waals surface area contributed by atoms with E-state index >= 15 is 0 Å². The summed E-state index contributed by atoms with van der Waals surface area (Å²) in [6, 6.07) is -0.249. The van der Waals surface area contributed by atoms with E-state index in [0.29, 0.717) is 18.9 Å². The first kappa shape index (κ1) is 12.6. The van der Waals surface area contributed by atoms with Crippen LogP contribution < -0.4 is 0 Å². The van der Waals surface area contributed by atoms with Crippen molar-refractivity contribution in [3.8, 4) is 0 Å². The largest absolute Gasteiger partial charge is 0.468 e. The van der Waals surface area contributed by atoms with E-state index in [1.54, 1.807) is 0 Å². The van der Waals surface area contributed by atoms with Gasteiger partial charge in [-0.15, -0.1) is 0 Å². The van der Waals surface area contributed by atoms with Gasteiger partial charge in [0.15, 0.2) is 0 Å². The van der Waals surface area contributed by atoms with Gasteiger partial charge >= 0.3 is 5.97 Å². The van der Waals surface area contributed by atoms with Crippen molar-refractivity contribution in [1.29, 1.82) is 0 Å². The fourth-order valence-electron chi connectivity index (χ4n) is 2.82. The molecule has 0 aromatic heterocycles. The minimum absolute atomic E-state index is 0.215. The van der Waals surface area contributed by atoms with Gasteiger partial charge in [0.05, 0.1) is 13.2 Å². The molecule has 0 aromatic rings. The Bertz CT molecular complexity index is 303. The van der Waals surface area contributed by atoms with Gasteiger partial charge < -0.3 is 9.84 Å². The van der Waals surface area contributed by atoms with Crippen LogP contribution in [0.5, 0.6) is 0 Å². The normalized spacial score (nSPS) is 33.9. The number of esters is 1. The Kier molecular flexibility index (Phi) is 4.18. The number of likely N-dealkylation sites (tertiary alicyclic amines) is 1. The maximum atomic E-state index is 11.6. The molecule has 0 radical (unpaired) electrons. The number of carbonyl (C=O) groups excluding carboxylic acids is 1. The first-order valence-electron chi connectivity index (χ1n) is 6.35. The van der Waals surface area contributed by atoms with Crippen molar-refractivity contribution >= 4 is 5.97 Å². The smallest absolute Gasteiger partial charge is 0.323 e. The van der Waals surface area contributed by atoms with Crippen LogP contribution in [0.2, 0.25) is 0 Å². The fourth-order valence-corrected chi connectivity index (χ4v) is 2.82. The molecule has 1 saturated heterocycles. The molecule has 3 atom stereocenters. The molecule has 96 valence electrons. The Morgan fingerprint density at radius 2 is 2.35 bits per heavy atom. The van der Waals surface area contributed by atoms with Gasteiger partial charge in [-0.3, -0.25) is 9.69 Å². The third-order valence-corrected chi connectivity index (χ3v) is 3.72. The van der Waals surface area contributed by atoms with Gasteiger partial charge in [-0.05, 0) is 25.2 Å². The Hall–Kier alpha value is -0.870. The van der Waals surface area contributed by atoms with Crippen LogP contribution in [0.25, 0.3) is 0 Å². The Morgan fingerprint density at radius 3 is 3.00 bits per heavy atom. The zero-order valence-corrected chi connectivity index (χ0v) is 10.3. The van der Waals surface area contributed by atoms with Gasteiger partial charge in [0.25, 0.3) is 0 Å². The van der Waals surface area contributed by atoms with Crippen molar-refractivity contribution in [1.82, 2.24) is 4.90 Å². The summed E-state index contributed by atoms with van der Waals surface area (Å²) in [4.78, 5) is 13.7. The highest BCUT2D eigenvalue weighted by Crippen LogP contribution is 2.25. The van der Waals surface area contributed by atoms with E-state index in [9.17, 15) is 9.90 Å². The third kappa shape index (κ3) is 3.07. The molecule has 1 N–H and O–H groups in total. The molecule has 1 aliphatic carbocycles. The van der Waals surface area contributed by atoms with Gasteiger partial charge in [-0.25, -0.2) is 0 Å². The van der Waals surface area contributed by atoms with Crippen LogP contribution in [0.15, 0.2) is 12.2 Å². The molecule has 2 rings (SSSR count). The molecular weight excluding hydrogens is 218 g/mol. The number of aliphatic hydroxyl groups excluding tert-OH is 1. The first-order chi connectivity index (χ1) is 8.20. The number of rotatable bonds is 3. The van der Waals surface area contributed by atoms with E-state index in [4.69, 9.17) is 4.74 Å². The summed E-state index contributed by atoms with van der Waals surface area (Å²) in [6.45, 7) is 1.49. The lowest BCUT2D eigenvalue weighted by Gasteiger charge is -2.27. The van der Waals surface area contributed by atoms with Crippen LogP contribution in [-0.2, 0) is 9.53 Å². The molecule has 0 spiro atoms. The van der Waals surface area contributed by atoms with Crippen molar-refractivity contribution in [3.05, 3.63) is 12.2 Å². The SMILES string of the molecule is COC(=O)[C@@H]1C[C@H](O)CN1C[C@H]1CC=CCC1. The summed E-state index contributed by atoms with van der Waals surface area (Å²) < 4.78 is 4.80. The van der Waals surface area contributed by atoms with E-state index in [0.717, 1.165) is 19.4 Å². The highest BCUT2D eigenvalue weighted by atomic mass is 16.5. The second kappa shape index (κ2) is 5.65. The molecule has 0 bridgehead atoms. The van der Waals surface area contributed by atoms with Crippen molar-refractivity contribution in [2.75, 3.05) is 20.2 Å². The van der Waals surface area contributed by atoms with Crippen molar-refractivity contribution in [3.63, 3.8) is 0 Å². The summed E-state index contributed by atoms with van der Waals surface area (Å²) in [5.74, 6) is 0.394. The number of hydrogen-bond donors (Lipinski definition) is 1. The number of nitrogens with zero attached hydrogens (tertiary/aromatic N) is 1. The monoisotopic (exact) mass is 239 g/mol. The second-order valence-corrected chi connectivity index (χ2v) is 5.03. The van der Waals surface area contributed by atoms with E-state index < -0.39 is 6.10 Å². The molecule has 0 saturated carbocycles. The molecule has 0 amide bonds. The predicted octanol–water partition coefficient (Wildman–Crippen LogP) is 0.951. The van der Waals surface area contributed by atoms with Crippen LogP contribution in [0, 0.1) is 5.92 Å². The van der Waals surface area contributed by atoms with Crippen LogP contribution in [0.3, 0.4) is 0 Å². The Balaban J connectivity index is 1.93. The summed E-state index contributed by atoms with van der Waals surface area (Å²) >= 11 is 0. The van der Waals surface area contributed by atoms with Gasteiger partial charge in [0, 0.05) is 19.5 Å². The van der Waals surface area contributed by atoms with E-state index in [-0.39, 0.29) is 12.0 Å². The lowest BCUT2D eigenvalue weighted by molar-refractivity contribution is -0.146. The minimum Gasteiger partial charge on any atom is -0.468 e. The van der Waals surface area contributed by atoms with Crippen LogP contribution in [0.1, 0.15) is 25.7 Å². The fraction of sp³-hybridized carbons (Fsp3) is 0.769. The molecule has 4 nitrogen and oxygen atoms in total. The van der Waals surface area contributed by atoms with Gasteiger partial charge in [0.1, 0.15) is 6.04 Å². The van der Waals surface area contributed by atoms with Crippen molar-refractivity contribution in [2.45, 2.75) is 37.8 Å². The Labute approximate surface area is 102 Å². The topological polar surface area (TPSA) is 49.8 Å². The summed E-state index contributed by atoms with van der Waals surface area (Å²) in [6.07, 6.45) is 7.94. The maximum Gasteiger partial charge on any atom is 0.323 e. The number of allylic oxidation sites excluding steroid dienone is 2. The maximum absolute atomic E-state index is 11.6. The van der Waals surface area contributed by atoms with Crippen molar-refractivity contribution < 1.29 is 14.6 Å². The number of methoxy groups -OCH3 is 1. The predicted molar refractivity (Wildman–Crippen MR) is 64.5 cm³/mol. The lowest BCUT2D eigenvalue weighted by Crippen LogP contribution is -2.40. The third-order valence-electron chi connectivity index (χ3n) is 3.72. The number of ether oxygens (including phenoxy) is 1. The molecule has 17 heavy (non-hydrogen) atoms. The number of β-amino-alcohol motifs (C(OH)–C–C–N with tert-alkyl or cyclic N) is 1. The molecule has 2 aliphatic rings.